The maximum absolute atomic E-state index is 5.97. The van der Waals surface area contributed by atoms with E-state index in [4.69, 9.17) is 18.9 Å². The van der Waals surface area contributed by atoms with Gasteiger partial charge in [0.2, 0.25) is 0 Å². The molecule has 0 fully saturated rings. The maximum atomic E-state index is 5.97. The first-order chi connectivity index (χ1) is 14.3. The van der Waals surface area contributed by atoms with Gasteiger partial charge in [0.1, 0.15) is 0 Å². The molecule has 0 heterocycles. The molecule has 0 aromatic heterocycles. The molecular formula is C23H52O4Si2. The normalized spacial score (nSPS) is 12.6. The van der Waals surface area contributed by atoms with Crippen molar-refractivity contribution < 1.29 is 18.9 Å². The van der Waals surface area contributed by atoms with E-state index >= 15 is 0 Å². The van der Waals surface area contributed by atoms with Gasteiger partial charge in [0.05, 0.1) is 0 Å². The number of unbranched alkanes of at least 4 members (excludes halogenated alkanes) is 4. The van der Waals surface area contributed by atoms with E-state index in [0.29, 0.717) is 0 Å². The largest absolute Gasteiger partial charge is 0.353 e. The van der Waals surface area contributed by atoms with Crippen LogP contribution in [0.3, 0.4) is 0 Å². The minimum Gasteiger partial charge on any atom is -0.353 e. The van der Waals surface area contributed by atoms with Crippen LogP contribution < -0.4 is 0 Å². The molecule has 0 unspecified atom stereocenters. The highest BCUT2D eigenvalue weighted by molar-refractivity contribution is 6.37. The van der Waals surface area contributed by atoms with Gasteiger partial charge in [-0.2, -0.15) is 0 Å². The molecule has 0 spiro atoms. The molecule has 0 amide bonds. The first kappa shape index (κ1) is 29.3. The zero-order valence-electron chi connectivity index (χ0n) is 20.2. The van der Waals surface area contributed by atoms with Crippen molar-refractivity contribution in [1.29, 1.82) is 0 Å². The van der Waals surface area contributed by atoms with E-state index in [0.717, 1.165) is 52.1 Å². The molecule has 176 valence electrons. The molecule has 4 nitrogen and oxygen atoms in total. The smallest absolute Gasteiger partial charge is 0.154 e. The Morgan fingerprint density at radius 3 is 1.07 bits per heavy atom. The second kappa shape index (κ2) is 24.5. The highest BCUT2D eigenvalue weighted by atomic mass is 28.2. The molecule has 0 saturated carbocycles. The quantitative estimate of drug-likeness (QED) is 0.114. The Morgan fingerprint density at radius 2 is 0.793 bits per heavy atom. The number of hydrogen-bond acceptors (Lipinski definition) is 4. The van der Waals surface area contributed by atoms with Crippen molar-refractivity contribution in [2.24, 2.45) is 0 Å². The standard InChI is InChI=1S/C23H52O4Si2/c1-5-9-14-24-22(25-15-10-6-2)20-28-18-13-19-29-21-23(26-16-11-7-3)27-17-12-8-4/h22-23H,5-21,28-29H2,1-4H3. The lowest BCUT2D eigenvalue weighted by Crippen LogP contribution is -2.21. The third-order valence-corrected chi connectivity index (χ3v) is 8.85. The van der Waals surface area contributed by atoms with Crippen LogP contribution in [0.1, 0.15) is 85.5 Å². The Balaban J connectivity index is 3.85. The fraction of sp³-hybridized carbons (Fsp3) is 1.00. The third-order valence-electron chi connectivity index (χ3n) is 5.09. The van der Waals surface area contributed by atoms with Gasteiger partial charge in [-0.25, -0.2) is 0 Å². The van der Waals surface area contributed by atoms with E-state index in [1.165, 1.54) is 56.3 Å². The van der Waals surface area contributed by atoms with Crippen LogP contribution in [0, 0.1) is 0 Å². The predicted molar refractivity (Wildman–Crippen MR) is 132 cm³/mol. The van der Waals surface area contributed by atoms with E-state index in [2.05, 4.69) is 27.7 Å². The van der Waals surface area contributed by atoms with Crippen LogP contribution in [0.4, 0.5) is 0 Å². The highest BCUT2D eigenvalue weighted by Crippen LogP contribution is 2.10. The Morgan fingerprint density at radius 1 is 0.483 bits per heavy atom. The molecule has 0 aromatic rings. The van der Waals surface area contributed by atoms with Crippen LogP contribution in [0.5, 0.6) is 0 Å². The summed E-state index contributed by atoms with van der Waals surface area (Å²) in [6, 6.07) is 5.21. The summed E-state index contributed by atoms with van der Waals surface area (Å²) in [4.78, 5) is 0. The van der Waals surface area contributed by atoms with Gasteiger partial charge in [-0.05, 0) is 37.8 Å². The van der Waals surface area contributed by atoms with E-state index in [1.54, 1.807) is 0 Å². The summed E-state index contributed by atoms with van der Waals surface area (Å²) in [5.41, 5.74) is 0. The second-order valence-electron chi connectivity index (χ2n) is 8.10. The zero-order valence-corrected chi connectivity index (χ0v) is 23.1. The average molecular weight is 449 g/mol. The van der Waals surface area contributed by atoms with Crippen LogP contribution in [-0.2, 0) is 18.9 Å². The van der Waals surface area contributed by atoms with Gasteiger partial charge in [-0.3, -0.25) is 0 Å². The first-order valence-corrected chi connectivity index (χ1v) is 16.7. The van der Waals surface area contributed by atoms with Gasteiger partial charge in [-0.15, -0.1) is 0 Å². The van der Waals surface area contributed by atoms with Crippen LogP contribution >= 0.6 is 0 Å². The van der Waals surface area contributed by atoms with E-state index in [9.17, 15) is 0 Å². The van der Waals surface area contributed by atoms with Crippen LogP contribution in [-0.4, -0.2) is 58.0 Å². The number of ether oxygens (including phenoxy) is 4. The van der Waals surface area contributed by atoms with Crippen molar-refractivity contribution in [2.75, 3.05) is 26.4 Å². The lowest BCUT2D eigenvalue weighted by atomic mass is 10.4. The van der Waals surface area contributed by atoms with Crippen molar-refractivity contribution in [2.45, 2.75) is 122 Å². The molecular weight excluding hydrogens is 396 g/mol. The van der Waals surface area contributed by atoms with Gasteiger partial charge < -0.3 is 18.9 Å². The number of hydrogen-bond donors (Lipinski definition) is 0. The molecule has 0 aliphatic heterocycles. The summed E-state index contributed by atoms with van der Waals surface area (Å²) in [5.74, 6) is 0. The fourth-order valence-electron chi connectivity index (χ4n) is 3.02. The topological polar surface area (TPSA) is 36.9 Å². The molecule has 0 atom stereocenters. The zero-order chi connectivity index (χ0) is 21.4. The number of rotatable bonds is 24. The van der Waals surface area contributed by atoms with Crippen molar-refractivity contribution >= 4 is 19.0 Å². The lowest BCUT2D eigenvalue weighted by Gasteiger charge is -2.19. The fourth-order valence-corrected chi connectivity index (χ4v) is 7.05. The van der Waals surface area contributed by atoms with Crippen LogP contribution in [0.25, 0.3) is 0 Å². The second-order valence-corrected chi connectivity index (χ2v) is 12.1. The SMILES string of the molecule is CCCCOC(C[SiH2]CCC[SiH2]CC(OCCCC)OCCCC)OCCCC. The summed E-state index contributed by atoms with van der Waals surface area (Å²) in [6.45, 7) is 12.3. The Kier molecular flexibility index (Phi) is 24.8. The molecule has 0 radical (unpaired) electrons. The van der Waals surface area contributed by atoms with Gasteiger partial charge in [0, 0.05) is 45.5 Å². The van der Waals surface area contributed by atoms with Crippen LogP contribution in [0.2, 0.25) is 24.2 Å². The monoisotopic (exact) mass is 448 g/mol. The third kappa shape index (κ3) is 21.3. The van der Waals surface area contributed by atoms with E-state index < -0.39 is 0 Å². The molecule has 0 rings (SSSR count). The van der Waals surface area contributed by atoms with Crippen molar-refractivity contribution in [3.63, 3.8) is 0 Å². The summed E-state index contributed by atoms with van der Waals surface area (Å²) >= 11 is 0. The predicted octanol–water partition coefficient (Wildman–Crippen LogP) is 5.31. The van der Waals surface area contributed by atoms with E-state index in [1.807, 2.05) is 0 Å². The molecule has 0 saturated heterocycles. The molecule has 29 heavy (non-hydrogen) atoms. The first-order valence-electron chi connectivity index (χ1n) is 12.7. The lowest BCUT2D eigenvalue weighted by molar-refractivity contribution is -0.131. The minimum atomic E-state index is -0.0753. The Hall–Kier alpha value is 0.274. The van der Waals surface area contributed by atoms with Gasteiger partial charge in [0.25, 0.3) is 0 Å². The molecule has 0 aliphatic carbocycles. The van der Waals surface area contributed by atoms with E-state index in [-0.39, 0.29) is 31.6 Å². The van der Waals surface area contributed by atoms with Crippen LogP contribution in [0.15, 0.2) is 0 Å². The molecule has 0 aliphatic rings. The molecule has 0 bridgehead atoms. The van der Waals surface area contributed by atoms with Crippen molar-refractivity contribution in [3.8, 4) is 0 Å². The minimum absolute atomic E-state index is 0.0697. The summed E-state index contributed by atoms with van der Waals surface area (Å²) in [6.07, 6.45) is 10.9. The van der Waals surface area contributed by atoms with Crippen molar-refractivity contribution in [1.82, 2.24) is 0 Å². The van der Waals surface area contributed by atoms with Gasteiger partial charge >= 0.3 is 0 Å². The van der Waals surface area contributed by atoms with Gasteiger partial charge in [-0.1, -0.05) is 71.9 Å². The average Bonchev–Trinajstić information content (AvgIpc) is 2.72. The van der Waals surface area contributed by atoms with Crippen molar-refractivity contribution in [3.05, 3.63) is 0 Å². The molecule has 6 heteroatoms. The highest BCUT2D eigenvalue weighted by Gasteiger charge is 2.11. The summed E-state index contributed by atoms with van der Waals surface area (Å²) in [7, 11) is -0.151. The maximum Gasteiger partial charge on any atom is 0.154 e. The summed E-state index contributed by atoms with van der Waals surface area (Å²) in [5, 5.41) is 0. The summed E-state index contributed by atoms with van der Waals surface area (Å²) < 4.78 is 23.9. The van der Waals surface area contributed by atoms with Gasteiger partial charge in [0.15, 0.2) is 12.6 Å². The Bertz CT molecular complexity index is 261. The molecule has 0 aromatic carbocycles. The Labute approximate surface area is 186 Å². The molecule has 0 N–H and O–H groups in total.